The average Bonchev–Trinajstić information content (AvgIpc) is 2.65. The topological polar surface area (TPSA) is 55.9 Å². The molecular weight excluding hydrogens is 280 g/mol. The Balaban J connectivity index is 2.10. The number of hydrogen-bond acceptors (Lipinski definition) is 3. The molecule has 0 atom stereocenters. The number of aromatic nitrogens is 2. The first-order chi connectivity index (χ1) is 8.97. The highest BCUT2D eigenvalue weighted by atomic mass is 35.5. The molecule has 0 aliphatic heterocycles. The summed E-state index contributed by atoms with van der Waals surface area (Å²) in [7, 11) is 1.91. The van der Waals surface area contributed by atoms with E-state index >= 15 is 0 Å². The highest BCUT2D eigenvalue weighted by Gasteiger charge is 2.06. The van der Waals surface area contributed by atoms with Gasteiger partial charge in [-0.05, 0) is 25.1 Å². The van der Waals surface area contributed by atoms with Crippen molar-refractivity contribution in [1.82, 2.24) is 9.78 Å². The number of aryl methyl sites for hydroxylation is 2. The molecular formula is C13H15ClN4S. The number of hydrogen-bond donors (Lipinski definition) is 2. The van der Waals surface area contributed by atoms with Gasteiger partial charge >= 0.3 is 0 Å². The van der Waals surface area contributed by atoms with Crippen molar-refractivity contribution in [3.63, 3.8) is 0 Å². The molecule has 3 N–H and O–H groups in total. The lowest BCUT2D eigenvalue weighted by molar-refractivity contribution is 0.756. The van der Waals surface area contributed by atoms with Gasteiger partial charge in [-0.2, -0.15) is 5.10 Å². The van der Waals surface area contributed by atoms with Crippen LogP contribution in [-0.4, -0.2) is 14.8 Å². The number of nitrogens with zero attached hydrogens (tertiary/aromatic N) is 2. The number of rotatable bonds is 4. The lowest BCUT2D eigenvalue weighted by Crippen LogP contribution is -2.10. The summed E-state index contributed by atoms with van der Waals surface area (Å²) in [5, 5.41) is 8.15. The summed E-state index contributed by atoms with van der Waals surface area (Å²) in [6.45, 7) is 2.68. The predicted octanol–water partition coefficient (Wildman–Crippen LogP) is 2.63. The molecule has 0 radical (unpaired) electrons. The first-order valence-electron chi connectivity index (χ1n) is 5.79. The molecule has 0 aliphatic rings. The van der Waals surface area contributed by atoms with E-state index in [1.54, 1.807) is 4.68 Å². The molecule has 0 fully saturated rings. The molecule has 0 saturated carbocycles. The van der Waals surface area contributed by atoms with Gasteiger partial charge in [0, 0.05) is 36.6 Å². The molecule has 4 nitrogen and oxygen atoms in total. The third kappa shape index (κ3) is 3.24. The fourth-order valence-corrected chi connectivity index (χ4v) is 2.36. The molecule has 1 heterocycles. The van der Waals surface area contributed by atoms with Crippen LogP contribution in [0.2, 0.25) is 5.02 Å². The first-order valence-corrected chi connectivity index (χ1v) is 6.58. The number of nitrogens with two attached hydrogens (primary N) is 1. The number of benzene rings is 1. The Morgan fingerprint density at radius 3 is 2.79 bits per heavy atom. The molecule has 0 bridgehead atoms. The monoisotopic (exact) mass is 294 g/mol. The van der Waals surface area contributed by atoms with Crippen LogP contribution in [0.5, 0.6) is 0 Å². The highest BCUT2D eigenvalue weighted by molar-refractivity contribution is 7.80. The van der Waals surface area contributed by atoms with Gasteiger partial charge in [-0.15, -0.1) is 0 Å². The Bertz CT molecular complexity index is 621. The molecule has 100 valence electrons. The minimum absolute atomic E-state index is 0.305. The molecule has 2 aromatic rings. The van der Waals surface area contributed by atoms with Gasteiger partial charge in [-0.1, -0.05) is 23.8 Å². The van der Waals surface area contributed by atoms with E-state index in [4.69, 9.17) is 29.6 Å². The third-order valence-electron chi connectivity index (χ3n) is 2.83. The lowest BCUT2D eigenvalue weighted by atomic mass is 10.2. The fourth-order valence-electron chi connectivity index (χ4n) is 1.84. The summed E-state index contributed by atoms with van der Waals surface area (Å²) in [6, 6.07) is 5.55. The van der Waals surface area contributed by atoms with E-state index in [-0.39, 0.29) is 0 Å². The average molecular weight is 295 g/mol. The molecule has 0 saturated heterocycles. The zero-order valence-electron chi connectivity index (χ0n) is 10.8. The van der Waals surface area contributed by atoms with Crippen LogP contribution in [0.15, 0.2) is 24.4 Å². The summed E-state index contributed by atoms with van der Waals surface area (Å²) >= 11 is 11.0. The van der Waals surface area contributed by atoms with E-state index in [0.717, 1.165) is 16.9 Å². The Morgan fingerprint density at radius 2 is 2.26 bits per heavy atom. The van der Waals surface area contributed by atoms with Crippen molar-refractivity contribution in [3.05, 3.63) is 46.2 Å². The highest BCUT2D eigenvalue weighted by Crippen LogP contribution is 2.21. The Labute approximate surface area is 122 Å². The molecule has 1 aromatic carbocycles. The number of anilines is 1. The zero-order chi connectivity index (χ0) is 14.0. The molecule has 6 heteroatoms. The van der Waals surface area contributed by atoms with Crippen molar-refractivity contribution in [2.45, 2.75) is 13.5 Å². The van der Waals surface area contributed by atoms with Crippen LogP contribution >= 0.6 is 23.8 Å². The Hall–Kier alpha value is -1.59. The molecule has 1 aromatic heterocycles. The maximum absolute atomic E-state index is 6.12. The van der Waals surface area contributed by atoms with Gasteiger partial charge in [0.15, 0.2) is 0 Å². The van der Waals surface area contributed by atoms with Gasteiger partial charge in [-0.25, -0.2) is 0 Å². The zero-order valence-corrected chi connectivity index (χ0v) is 12.3. The maximum Gasteiger partial charge on any atom is 0.105 e. The van der Waals surface area contributed by atoms with Crippen molar-refractivity contribution in [1.29, 1.82) is 0 Å². The van der Waals surface area contributed by atoms with Gasteiger partial charge in [0.1, 0.15) is 4.99 Å². The number of nitrogens with one attached hydrogen (secondary N) is 1. The van der Waals surface area contributed by atoms with Gasteiger partial charge in [0.25, 0.3) is 0 Å². The van der Waals surface area contributed by atoms with E-state index in [0.29, 0.717) is 22.1 Å². The molecule has 0 amide bonds. The van der Waals surface area contributed by atoms with E-state index in [2.05, 4.69) is 10.4 Å². The van der Waals surface area contributed by atoms with Crippen LogP contribution in [0.3, 0.4) is 0 Å². The molecule has 2 rings (SSSR count). The maximum atomic E-state index is 6.12. The van der Waals surface area contributed by atoms with Gasteiger partial charge in [0.2, 0.25) is 0 Å². The van der Waals surface area contributed by atoms with Crippen LogP contribution in [0.4, 0.5) is 5.69 Å². The fraction of sp³-hybridized carbons (Fsp3) is 0.231. The molecule has 0 aliphatic carbocycles. The summed E-state index contributed by atoms with van der Waals surface area (Å²) < 4.78 is 1.80. The molecule has 0 unspecified atom stereocenters. The Kier molecular flexibility index (Phi) is 4.07. The lowest BCUT2D eigenvalue weighted by Gasteiger charge is -2.08. The van der Waals surface area contributed by atoms with Crippen LogP contribution in [0.1, 0.15) is 16.8 Å². The van der Waals surface area contributed by atoms with Crippen molar-refractivity contribution in [3.8, 4) is 0 Å². The van der Waals surface area contributed by atoms with Crippen molar-refractivity contribution in [2.24, 2.45) is 12.8 Å². The molecule has 0 spiro atoms. The number of halogens is 1. The van der Waals surface area contributed by atoms with Crippen molar-refractivity contribution < 1.29 is 0 Å². The quantitative estimate of drug-likeness (QED) is 0.851. The van der Waals surface area contributed by atoms with E-state index in [1.807, 2.05) is 38.4 Å². The van der Waals surface area contributed by atoms with E-state index in [9.17, 15) is 0 Å². The minimum atomic E-state index is 0.305. The second-order valence-corrected chi connectivity index (χ2v) is 5.17. The Morgan fingerprint density at radius 1 is 1.53 bits per heavy atom. The van der Waals surface area contributed by atoms with Crippen LogP contribution in [0.25, 0.3) is 0 Å². The van der Waals surface area contributed by atoms with Crippen molar-refractivity contribution >= 4 is 34.5 Å². The summed E-state index contributed by atoms with van der Waals surface area (Å²) in [6.07, 6.45) is 1.99. The van der Waals surface area contributed by atoms with Crippen LogP contribution < -0.4 is 11.1 Å². The minimum Gasteiger partial charge on any atom is -0.389 e. The normalized spacial score (nSPS) is 10.5. The summed E-state index contributed by atoms with van der Waals surface area (Å²) in [4.78, 5) is 0.305. The summed E-state index contributed by atoms with van der Waals surface area (Å²) in [5.74, 6) is 0. The van der Waals surface area contributed by atoms with Gasteiger partial charge in [0.05, 0.1) is 10.7 Å². The van der Waals surface area contributed by atoms with Crippen molar-refractivity contribution in [2.75, 3.05) is 5.32 Å². The summed E-state index contributed by atoms with van der Waals surface area (Å²) in [5.41, 5.74) is 9.35. The number of thiocarbonyl (C=S) groups is 1. The van der Waals surface area contributed by atoms with Crippen LogP contribution in [-0.2, 0) is 13.6 Å². The van der Waals surface area contributed by atoms with E-state index in [1.165, 1.54) is 0 Å². The largest absolute Gasteiger partial charge is 0.389 e. The second-order valence-electron chi connectivity index (χ2n) is 4.33. The second kappa shape index (κ2) is 5.59. The third-order valence-corrected chi connectivity index (χ3v) is 3.37. The predicted molar refractivity (Wildman–Crippen MR) is 82.6 cm³/mol. The van der Waals surface area contributed by atoms with Gasteiger partial charge in [-0.3, -0.25) is 4.68 Å². The SMILES string of the molecule is Cc1nn(C)cc1CNc1ccc(C(N)=S)c(Cl)c1. The smallest absolute Gasteiger partial charge is 0.105 e. The van der Waals surface area contributed by atoms with E-state index < -0.39 is 0 Å². The molecule has 19 heavy (non-hydrogen) atoms. The standard InChI is InChI=1S/C13H15ClN4S/c1-8-9(7-18(2)17-8)6-16-10-3-4-11(13(15)19)12(14)5-10/h3-5,7,16H,6H2,1-2H3,(H2,15,19). The first kappa shape index (κ1) is 13.8. The van der Waals surface area contributed by atoms with Crippen LogP contribution in [0, 0.1) is 6.92 Å². The van der Waals surface area contributed by atoms with Gasteiger partial charge < -0.3 is 11.1 Å².